The Labute approximate surface area is 342 Å². The predicted octanol–water partition coefficient (Wildman–Crippen LogP) is 14.1. The summed E-state index contributed by atoms with van der Waals surface area (Å²) >= 11 is 0. The van der Waals surface area contributed by atoms with Gasteiger partial charge >= 0.3 is 0 Å². The van der Waals surface area contributed by atoms with Crippen molar-refractivity contribution in [3.8, 4) is 73.2 Å². The molecule has 0 amide bonds. The Morgan fingerprint density at radius 1 is 0.271 bits per heavy atom. The minimum absolute atomic E-state index is 0.603. The van der Waals surface area contributed by atoms with E-state index in [-0.39, 0.29) is 0 Å². The Hall–Kier alpha value is -7.95. The summed E-state index contributed by atoms with van der Waals surface area (Å²) in [6.45, 7) is 0. The lowest BCUT2D eigenvalue weighted by Crippen LogP contribution is -2.04. The van der Waals surface area contributed by atoms with E-state index in [0.717, 1.165) is 66.4 Å². The molecule has 59 heavy (non-hydrogen) atoms. The molecule has 0 spiro atoms. The first-order valence-corrected chi connectivity index (χ1v) is 19.9. The second kappa shape index (κ2) is 14.5. The maximum absolute atomic E-state index is 5.35. The summed E-state index contributed by atoms with van der Waals surface area (Å²) in [5.74, 6) is 1.83. The van der Waals surface area contributed by atoms with Crippen molar-refractivity contribution in [2.24, 2.45) is 0 Å². The normalized spacial score (nSPS) is 11.4. The number of hydrogen-bond acceptors (Lipinski definition) is 3. The van der Waals surface area contributed by atoms with Gasteiger partial charge in [-0.25, -0.2) is 15.0 Å². The van der Waals surface area contributed by atoms with E-state index in [4.69, 9.17) is 15.0 Å². The van der Waals surface area contributed by atoms with Crippen molar-refractivity contribution in [2.45, 2.75) is 0 Å². The highest BCUT2D eigenvalue weighted by molar-refractivity contribution is 6.09. The molecule has 0 aliphatic heterocycles. The molecule has 0 aliphatic carbocycles. The molecular formula is C55H36N4. The minimum atomic E-state index is 0.603. The van der Waals surface area contributed by atoms with Crippen molar-refractivity contribution in [3.05, 3.63) is 218 Å². The van der Waals surface area contributed by atoms with E-state index < -0.39 is 0 Å². The summed E-state index contributed by atoms with van der Waals surface area (Å²) in [7, 11) is 0. The summed E-state index contributed by atoms with van der Waals surface area (Å²) in [6, 6.07) is 77.0. The average Bonchev–Trinajstić information content (AvgIpc) is 3.66. The van der Waals surface area contributed by atoms with E-state index in [0.29, 0.717) is 17.5 Å². The molecule has 0 unspecified atom stereocenters. The van der Waals surface area contributed by atoms with Gasteiger partial charge in [-0.3, -0.25) is 0 Å². The molecule has 0 atom stereocenters. The lowest BCUT2D eigenvalue weighted by Gasteiger charge is -2.16. The number of nitrogens with zero attached hydrogens (tertiary/aromatic N) is 4. The Balaban J connectivity index is 1.15. The minimum Gasteiger partial charge on any atom is -0.308 e. The number of aromatic nitrogens is 4. The van der Waals surface area contributed by atoms with Crippen LogP contribution in [0, 0.1) is 0 Å². The van der Waals surface area contributed by atoms with Gasteiger partial charge in [0.25, 0.3) is 0 Å². The predicted molar refractivity (Wildman–Crippen MR) is 244 cm³/mol. The SMILES string of the molecule is c1ccc(-c2cccc(-c3nc(-c4ccc5cc(-c6ccccc6)ccc5c4)nc(-c4ccc(-c5ccccc5)cc4-n4c5ccccc5c5ccccc54)n3)c2)cc1. The zero-order valence-corrected chi connectivity index (χ0v) is 32.1. The topological polar surface area (TPSA) is 43.6 Å². The van der Waals surface area contributed by atoms with E-state index in [1.807, 2.05) is 6.07 Å². The van der Waals surface area contributed by atoms with Crippen molar-refractivity contribution in [2.75, 3.05) is 0 Å². The van der Waals surface area contributed by atoms with Crippen LogP contribution in [0.1, 0.15) is 0 Å². The highest BCUT2D eigenvalue weighted by Crippen LogP contribution is 2.39. The summed E-state index contributed by atoms with van der Waals surface area (Å²) < 4.78 is 2.37. The van der Waals surface area contributed by atoms with Crippen molar-refractivity contribution < 1.29 is 0 Å². The van der Waals surface area contributed by atoms with Gasteiger partial charge in [0.2, 0.25) is 0 Å². The van der Waals surface area contributed by atoms with Crippen molar-refractivity contribution in [3.63, 3.8) is 0 Å². The Morgan fingerprint density at radius 2 is 0.678 bits per heavy atom. The van der Waals surface area contributed by atoms with Crippen LogP contribution in [0.25, 0.3) is 106 Å². The molecule has 9 aromatic carbocycles. The molecule has 276 valence electrons. The van der Waals surface area contributed by atoms with Crippen LogP contribution in [0.3, 0.4) is 0 Å². The van der Waals surface area contributed by atoms with Gasteiger partial charge in [-0.05, 0) is 86.6 Å². The van der Waals surface area contributed by atoms with Crippen LogP contribution in [-0.2, 0) is 0 Å². The van der Waals surface area contributed by atoms with Crippen LogP contribution in [0.15, 0.2) is 218 Å². The molecule has 0 bridgehead atoms. The third-order valence-corrected chi connectivity index (χ3v) is 11.2. The van der Waals surface area contributed by atoms with Crippen LogP contribution in [0.5, 0.6) is 0 Å². The molecule has 0 aliphatic rings. The van der Waals surface area contributed by atoms with Gasteiger partial charge in [-0.2, -0.15) is 0 Å². The number of rotatable bonds is 7. The first-order valence-electron chi connectivity index (χ1n) is 19.9. The Kier molecular flexibility index (Phi) is 8.45. The standard InChI is InChI=1S/C55H36N4/c1-4-15-37(16-5-1)40-21-14-22-45(34-40)53-56-54(46-30-29-42-33-41(27-28-43(42)35-46)38-17-6-2-7-18-38)58-55(57-53)49-32-31-44(39-19-8-3-9-20-39)36-52(49)59-50-25-12-10-23-47(50)48-24-11-13-26-51(48)59/h1-36H. The van der Waals surface area contributed by atoms with Crippen molar-refractivity contribution in [1.82, 2.24) is 19.5 Å². The molecule has 4 heteroatoms. The second-order valence-electron chi connectivity index (χ2n) is 14.9. The van der Waals surface area contributed by atoms with E-state index >= 15 is 0 Å². The molecule has 2 heterocycles. The Bertz CT molecular complexity index is 3260. The smallest absolute Gasteiger partial charge is 0.166 e. The van der Waals surface area contributed by atoms with Gasteiger partial charge in [-0.15, -0.1) is 0 Å². The third kappa shape index (κ3) is 6.34. The fraction of sp³-hybridized carbons (Fsp3) is 0. The molecule has 11 rings (SSSR count). The van der Waals surface area contributed by atoms with Gasteiger partial charge in [-0.1, -0.05) is 176 Å². The Morgan fingerprint density at radius 3 is 1.27 bits per heavy atom. The lowest BCUT2D eigenvalue weighted by atomic mass is 9.99. The number of fused-ring (bicyclic) bond motifs is 4. The maximum atomic E-state index is 5.35. The molecule has 0 radical (unpaired) electrons. The molecular weight excluding hydrogens is 717 g/mol. The summed E-state index contributed by atoms with van der Waals surface area (Å²) in [5.41, 5.74) is 12.9. The fourth-order valence-electron chi connectivity index (χ4n) is 8.32. The van der Waals surface area contributed by atoms with Gasteiger partial charge in [0.05, 0.1) is 16.7 Å². The largest absolute Gasteiger partial charge is 0.308 e. The summed E-state index contributed by atoms with van der Waals surface area (Å²) in [4.78, 5) is 15.9. The maximum Gasteiger partial charge on any atom is 0.166 e. The van der Waals surface area contributed by atoms with Crippen LogP contribution < -0.4 is 0 Å². The van der Waals surface area contributed by atoms with Crippen molar-refractivity contribution in [1.29, 1.82) is 0 Å². The molecule has 0 fully saturated rings. The van der Waals surface area contributed by atoms with Crippen LogP contribution in [-0.4, -0.2) is 19.5 Å². The zero-order chi connectivity index (χ0) is 39.1. The van der Waals surface area contributed by atoms with E-state index in [1.54, 1.807) is 0 Å². The quantitative estimate of drug-likeness (QED) is 0.163. The molecule has 0 saturated carbocycles. The number of para-hydroxylation sites is 2. The van der Waals surface area contributed by atoms with Crippen LogP contribution in [0.2, 0.25) is 0 Å². The van der Waals surface area contributed by atoms with Gasteiger partial charge in [0.15, 0.2) is 17.5 Å². The highest BCUT2D eigenvalue weighted by atomic mass is 15.1. The lowest BCUT2D eigenvalue weighted by molar-refractivity contribution is 1.07. The summed E-state index contributed by atoms with van der Waals surface area (Å²) in [5, 5.41) is 4.67. The van der Waals surface area contributed by atoms with Crippen molar-refractivity contribution >= 4 is 32.6 Å². The summed E-state index contributed by atoms with van der Waals surface area (Å²) in [6.07, 6.45) is 0. The van der Waals surface area contributed by atoms with Crippen LogP contribution >= 0.6 is 0 Å². The van der Waals surface area contributed by atoms with Gasteiger partial charge in [0, 0.05) is 27.5 Å². The molecule has 2 aromatic heterocycles. The highest BCUT2D eigenvalue weighted by Gasteiger charge is 2.20. The van der Waals surface area contributed by atoms with E-state index in [2.05, 4.69) is 217 Å². The second-order valence-corrected chi connectivity index (χ2v) is 14.9. The fourth-order valence-corrected chi connectivity index (χ4v) is 8.32. The molecule has 11 aromatic rings. The third-order valence-electron chi connectivity index (χ3n) is 11.2. The van der Waals surface area contributed by atoms with Gasteiger partial charge in [0.1, 0.15) is 0 Å². The van der Waals surface area contributed by atoms with E-state index in [9.17, 15) is 0 Å². The molecule has 4 nitrogen and oxygen atoms in total. The first kappa shape index (κ1) is 34.3. The molecule has 0 N–H and O–H groups in total. The van der Waals surface area contributed by atoms with E-state index in [1.165, 1.54) is 21.9 Å². The number of benzene rings is 9. The van der Waals surface area contributed by atoms with Crippen LogP contribution in [0.4, 0.5) is 0 Å². The average molecular weight is 753 g/mol. The monoisotopic (exact) mass is 752 g/mol. The van der Waals surface area contributed by atoms with Gasteiger partial charge < -0.3 is 4.57 Å². The zero-order valence-electron chi connectivity index (χ0n) is 32.1. The molecule has 0 saturated heterocycles. The first-order chi connectivity index (χ1) is 29.2. The number of hydrogen-bond donors (Lipinski definition) is 0.